The summed E-state index contributed by atoms with van der Waals surface area (Å²) in [5, 5.41) is 2.95. The van der Waals surface area contributed by atoms with Crippen LogP contribution in [0.1, 0.15) is 48.2 Å². The van der Waals surface area contributed by atoms with Crippen molar-refractivity contribution in [3.8, 4) is 11.5 Å². The Morgan fingerprint density at radius 1 is 1.07 bits per heavy atom. The first-order chi connectivity index (χ1) is 13.2. The van der Waals surface area contributed by atoms with E-state index in [-0.39, 0.29) is 5.91 Å². The quantitative estimate of drug-likeness (QED) is 0.597. The van der Waals surface area contributed by atoms with Crippen molar-refractivity contribution in [3.63, 3.8) is 0 Å². The summed E-state index contributed by atoms with van der Waals surface area (Å²) >= 11 is 0. The predicted molar refractivity (Wildman–Crippen MR) is 106 cm³/mol. The van der Waals surface area contributed by atoms with Crippen LogP contribution < -0.4 is 14.8 Å². The van der Waals surface area contributed by atoms with E-state index in [2.05, 4.69) is 12.2 Å². The van der Waals surface area contributed by atoms with Crippen LogP contribution >= 0.6 is 0 Å². The van der Waals surface area contributed by atoms with Gasteiger partial charge in [0.15, 0.2) is 0 Å². The fourth-order valence-corrected chi connectivity index (χ4v) is 2.59. The van der Waals surface area contributed by atoms with Crippen molar-refractivity contribution in [2.24, 2.45) is 0 Å². The zero-order valence-corrected chi connectivity index (χ0v) is 16.4. The van der Waals surface area contributed by atoms with E-state index in [9.17, 15) is 4.79 Å². The standard InChI is InChI=1S/C22H29NO4/c1-4-6-13-26-16-19-14-18(9-12-21(19)27-5-2)22(24)23-15-17-7-10-20(25-3)11-8-17/h7-12,14H,4-6,13,15-16H2,1-3H3,(H,23,24). The summed E-state index contributed by atoms with van der Waals surface area (Å²) in [5.41, 5.74) is 2.50. The molecule has 0 saturated heterocycles. The number of nitrogens with one attached hydrogen (secondary N) is 1. The van der Waals surface area contributed by atoms with Crippen molar-refractivity contribution in [1.29, 1.82) is 0 Å². The Morgan fingerprint density at radius 2 is 1.85 bits per heavy atom. The smallest absolute Gasteiger partial charge is 0.251 e. The minimum atomic E-state index is -0.122. The fourth-order valence-electron chi connectivity index (χ4n) is 2.59. The Morgan fingerprint density at radius 3 is 2.52 bits per heavy atom. The Hall–Kier alpha value is -2.53. The Kier molecular flexibility index (Phi) is 8.65. The van der Waals surface area contributed by atoms with Gasteiger partial charge >= 0.3 is 0 Å². The van der Waals surface area contributed by atoms with E-state index in [1.54, 1.807) is 13.2 Å². The monoisotopic (exact) mass is 371 g/mol. The molecule has 1 N–H and O–H groups in total. The Balaban J connectivity index is 2.00. The molecule has 5 nitrogen and oxygen atoms in total. The molecule has 0 atom stereocenters. The molecule has 0 fully saturated rings. The van der Waals surface area contributed by atoms with Gasteiger partial charge in [-0.2, -0.15) is 0 Å². The molecule has 2 aromatic rings. The van der Waals surface area contributed by atoms with Crippen LogP contribution in [0.25, 0.3) is 0 Å². The summed E-state index contributed by atoms with van der Waals surface area (Å²) in [7, 11) is 1.63. The largest absolute Gasteiger partial charge is 0.497 e. The molecule has 0 aromatic heterocycles. The molecular formula is C22H29NO4. The highest BCUT2D eigenvalue weighted by atomic mass is 16.5. The molecule has 0 aliphatic rings. The highest BCUT2D eigenvalue weighted by Crippen LogP contribution is 2.22. The molecule has 146 valence electrons. The van der Waals surface area contributed by atoms with Crippen LogP contribution in [-0.4, -0.2) is 26.2 Å². The van der Waals surface area contributed by atoms with Crippen LogP contribution in [0, 0.1) is 0 Å². The molecule has 5 heteroatoms. The van der Waals surface area contributed by atoms with Crippen molar-refractivity contribution < 1.29 is 19.0 Å². The lowest BCUT2D eigenvalue weighted by molar-refractivity contribution is 0.0949. The maximum atomic E-state index is 12.5. The Labute approximate surface area is 161 Å². The minimum Gasteiger partial charge on any atom is -0.497 e. The number of carbonyl (C=O) groups excluding carboxylic acids is 1. The number of amides is 1. The number of rotatable bonds is 11. The van der Waals surface area contributed by atoms with Gasteiger partial charge < -0.3 is 19.5 Å². The number of benzene rings is 2. The van der Waals surface area contributed by atoms with Crippen molar-refractivity contribution in [1.82, 2.24) is 5.32 Å². The zero-order valence-electron chi connectivity index (χ0n) is 16.4. The molecule has 0 saturated carbocycles. The molecule has 0 spiro atoms. The van der Waals surface area contributed by atoms with Crippen LogP contribution in [0.4, 0.5) is 0 Å². The molecule has 0 radical (unpaired) electrons. The number of methoxy groups -OCH3 is 1. The van der Waals surface area contributed by atoms with E-state index in [1.807, 2.05) is 43.3 Å². The third-order valence-corrected chi connectivity index (χ3v) is 4.13. The van der Waals surface area contributed by atoms with Crippen LogP contribution in [0.2, 0.25) is 0 Å². The van der Waals surface area contributed by atoms with Gasteiger partial charge in [0.1, 0.15) is 11.5 Å². The van der Waals surface area contributed by atoms with E-state index in [0.29, 0.717) is 31.9 Å². The first-order valence-corrected chi connectivity index (χ1v) is 9.42. The normalized spacial score (nSPS) is 10.5. The van der Waals surface area contributed by atoms with Crippen LogP contribution in [0.3, 0.4) is 0 Å². The number of ether oxygens (including phenoxy) is 3. The highest BCUT2D eigenvalue weighted by molar-refractivity contribution is 5.94. The van der Waals surface area contributed by atoms with E-state index in [1.165, 1.54) is 0 Å². The van der Waals surface area contributed by atoms with Crippen molar-refractivity contribution in [2.75, 3.05) is 20.3 Å². The molecule has 0 unspecified atom stereocenters. The summed E-state index contributed by atoms with van der Waals surface area (Å²) in [4.78, 5) is 12.5. The van der Waals surface area contributed by atoms with Gasteiger partial charge in [-0.05, 0) is 49.2 Å². The fraction of sp³-hybridized carbons (Fsp3) is 0.409. The number of hydrogen-bond donors (Lipinski definition) is 1. The summed E-state index contributed by atoms with van der Waals surface area (Å²) in [6.07, 6.45) is 2.11. The van der Waals surface area contributed by atoms with E-state index >= 15 is 0 Å². The lowest BCUT2D eigenvalue weighted by Crippen LogP contribution is -2.23. The van der Waals surface area contributed by atoms with E-state index in [0.717, 1.165) is 35.5 Å². The molecule has 0 heterocycles. The first kappa shape index (κ1) is 20.8. The summed E-state index contributed by atoms with van der Waals surface area (Å²) < 4.78 is 16.5. The minimum absolute atomic E-state index is 0.122. The Bertz CT molecular complexity index is 713. The molecule has 2 rings (SSSR count). The molecule has 0 bridgehead atoms. The summed E-state index contributed by atoms with van der Waals surface area (Å²) in [5.74, 6) is 1.44. The average Bonchev–Trinajstić information content (AvgIpc) is 2.71. The van der Waals surface area contributed by atoms with Gasteiger partial charge in [0.2, 0.25) is 0 Å². The second-order valence-electron chi connectivity index (χ2n) is 6.19. The molecule has 0 aliphatic heterocycles. The van der Waals surface area contributed by atoms with Gasteiger partial charge in [-0.25, -0.2) is 0 Å². The van der Waals surface area contributed by atoms with Gasteiger partial charge in [0.05, 0.1) is 20.3 Å². The maximum Gasteiger partial charge on any atom is 0.251 e. The number of carbonyl (C=O) groups is 1. The summed E-state index contributed by atoms with van der Waals surface area (Å²) in [6, 6.07) is 13.1. The second-order valence-corrected chi connectivity index (χ2v) is 6.19. The highest BCUT2D eigenvalue weighted by Gasteiger charge is 2.11. The van der Waals surface area contributed by atoms with Crippen LogP contribution in [0.5, 0.6) is 11.5 Å². The molecule has 0 aliphatic carbocycles. The van der Waals surface area contributed by atoms with E-state index in [4.69, 9.17) is 14.2 Å². The molecule has 27 heavy (non-hydrogen) atoms. The molecular weight excluding hydrogens is 342 g/mol. The van der Waals surface area contributed by atoms with Crippen molar-refractivity contribution in [3.05, 3.63) is 59.2 Å². The van der Waals surface area contributed by atoms with Gasteiger partial charge in [0.25, 0.3) is 5.91 Å². The number of unbranched alkanes of at least 4 members (excludes halogenated alkanes) is 1. The predicted octanol–water partition coefficient (Wildman–Crippen LogP) is 4.34. The van der Waals surface area contributed by atoms with Crippen LogP contribution in [-0.2, 0) is 17.9 Å². The average molecular weight is 371 g/mol. The SMILES string of the molecule is CCCCOCc1cc(C(=O)NCc2ccc(OC)cc2)ccc1OCC. The van der Waals surface area contributed by atoms with Crippen LogP contribution in [0.15, 0.2) is 42.5 Å². The first-order valence-electron chi connectivity index (χ1n) is 9.42. The maximum absolute atomic E-state index is 12.5. The summed E-state index contributed by atoms with van der Waals surface area (Å²) in [6.45, 7) is 6.24. The lowest BCUT2D eigenvalue weighted by Gasteiger charge is -2.13. The second kappa shape index (κ2) is 11.2. The molecule has 1 amide bonds. The molecule has 2 aromatic carbocycles. The van der Waals surface area contributed by atoms with Gasteiger partial charge in [-0.3, -0.25) is 4.79 Å². The van der Waals surface area contributed by atoms with Gasteiger partial charge in [0, 0.05) is 24.3 Å². The van der Waals surface area contributed by atoms with Gasteiger partial charge in [-0.15, -0.1) is 0 Å². The van der Waals surface area contributed by atoms with Crippen molar-refractivity contribution >= 4 is 5.91 Å². The van der Waals surface area contributed by atoms with Crippen molar-refractivity contribution in [2.45, 2.75) is 39.8 Å². The zero-order chi connectivity index (χ0) is 19.5. The topological polar surface area (TPSA) is 56.8 Å². The lowest BCUT2D eigenvalue weighted by atomic mass is 10.1. The third kappa shape index (κ3) is 6.61. The van der Waals surface area contributed by atoms with Gasteiger partial charge in [-0.1, -0.05) is 25.5 Å². The number of hydrogen-bond acceptors (Lipinski definition) is 4. The van der Waals surface area contributed by atoms with E-state index < -0.39 is 0 Å². The third-order valence-electron chi connectivity index (χ3n) is 4.13.